The van der Waals surface area contributed by atoms with Crippen LogP contribution in [0, 0.1) is 11.3 Å². The number of hydrogen-bond acceptors (Lipinski definition) is 6. The minimum absolute atomic E-state index is 0.0327. The number of aromatic nitrogens is 3. The van der Waals surface area contributed by atoms with Gasteiger partial charge in [0.15, 0.2) is 0 Å². The number of fused-ring (bicyclic) bond motifs is 1. The molecule has 34 heavy (non-hydrogen) atoms. The third-order valence-electron chi connectivity index (χ3n) is 5.98. The number of nitriles is 1. The SMILES string of the molecule is N#Cc1cccnc1N1CCN(C(=O)Cn2c(COc3ccccc3)nc3ccccc32)CC1. The van der Waals surface area contributed by atoms with E-state index in [1.54, 1.807) is 18.3 Å². The average molecular weight is 453 g/mol. The van der Waals surface area contributed by atoms with Gasteiger partial charge in [-0.25, -0.2) is 9.97 Å². The lowest BCUT2D eigenvalue weighted by Crippen LogP contribution is -2.50. The van der Waals surface area contributed by atoms with Gasteiger partial charge in [-0.2, -0.15) is 5.26 Å². The Hall–Kier alpha value is -4.38. The van der Waals surface area contributed by atoms with Gasteiger partial charge in [-0.15, -0.1) is 0 Å². The van der Waals surface area contributed by atoms with Crippen LogP contribution < -0.4 is 9.64 Å². The van der Waals surface area contributed by atoms with E-state index in [0.29, 0.717) is 43.4 Å². The fourth-order valence-corrected chi connectivity index (χ4v) is 4.22. The van der Waals surface area contributed by atoms with Crippen molar-refractivity contribution in [3.63, 3.8) is 0 Å². The molecule has 3 heterocycles. The molecular weight excluding hydrogens is 428 g/mol. The third kappa shape index (κ3) is 4.41. The highest BCUT2D eigenvalue weighted by Crippen LogP contribution is 2.21. The van der Waals surface area contributed by atoms with Crippen LogP contribution in [0.25, 0.3) is 11.0 Å². The molecule has 0 aliphatic carbocycles. The van der Waals surface area contributed by atoms with Crippen molar-refractivity contribution in [1.29, 1.82) is 5.26 Å². The summed E-state index contributed by atoms with van der Waals surface area (Å²) in [4.78, 5) is 26.3. The summed E-state index contributed by atoms with van der Waals surface area (Å²) in [5.74, 6) is 2.18. The van der Waals surface area contributed by atoms with Gasteiger partial charge >= 0.3 is 0 Å². The standard InChI is InChI=1S/C26H24N6O2/c27-17-20-7-6-12-28-26(20)31-15-13-30(14-16-31)25(33)18-32-23-11-5-4-10-22(23)29-24(32)19-34-21-8-2-1-3-9-21/h1-12H,13-16,18-19H2. The monoisotopic (exact) mass is 452 g/mol. The molecule has 1 fully saturated rings. The van der Waals surface area contributed by atoms with E-state index in [0.717, 1.165) is 16.8 Å². The van der Waals surface area contributed by atoms with Gasteiger partial charge in [-0.05, 0) is 36.4 Å². The van der Waals surface area contributed by atoms with Crippen LogP contribution >= 0.6 is 0 Å². The fraction of sp³-hybridized carbons (Fsp3) is 0.231. The van der Waals surface area contributed by atoms with Crippen molar-refractivity contribution >= 4 is 22.8 Å². The number of benzene rings is 2. The van der Waals surface area contributed by atoms with Crippen LogP contribution in [-0.4, -0.2) is 51.5 Å². The zero-order chi connectivity index (χ0) is 23.3. The number of imidazole rings is 1. The molecule has 0 atom stereocenters. The lowest BCUT2D eigenvalue weighted by Gasteiger charge is -2.35. The molecule has 5 rings (SSSR count). The molecule has 8 heteroatoms. The first-order valence-electron chi connectivity index (χ1n) is 11.2. The maximum absolute atomic E-state index is 13.3. The molecule has 0 N–H and O–H groups in total. The van der Waals surface area contributed by atoms with Gasteiger partial charge in [0.2, 0.25) is 5.91 Å². The van der Waals surface area contributed by atoms with E-state index in [9.17, 15) is 10.1 Å². The minimum Gasteiger partial charge on any atom is -0.486 e. The fourth-order valence-electron chi connectivity index (χ4n) is 4.22. The molecule has 2 aromatic heterocycles. The van der Waals surface area contributed by atoms with Crippen LogP contribution in [0.15, 0.2) is 72.9 Å². The van der Waals surface area contributed by atoms with E-state index in [1.807, 2.05) is 64.1 Å². The first kappa shape index (κ1) is 21.5. The van der Waals surface area contributed by atoms with Gasteiger partial charge in [0, 0.05) is 32.4 Å². The number of hydrogen-bond donors (Lipinski definition) is 0. The normalized spacial score (nSPS) is 13.6. The van der Waals surface area contributed by atoms with E-state index in [2.05, 4.69) is 16.0 Å². The van der Waals surface area contributed by atoms with E-state index < -0.39 is 0 Å². The highest BCUT2D eigenvalue weighted by atomic mass is 16.5. The predicted molar refractivity (Wildman–Crippen MR) is 128 cm³/mol. The Labute approximate surface area is 197 Å². The van der Waals surface area contributed by atoms with Gasteiger partial charge in [0.05, 0.1) is 16.6 Å². The number of amides is 1. The van der Waals surface area contributed by atoms with E-state index in [-0.39, 0.29) is 19.1 Å². The second-order valence-electron chi connectivity index (χ2n) is 8.06. The quantitative estimate of drug-likeness (QED) is 0.446. The number of carbonyl (C=O) groups is 1. The van der Waals surface area contributed by atoms with Crippen LogP contribution in [0.1, 0.15) is 11.4 Å². The third-order valence-corrected chi connectivity index (χ3v) is 5.98. The summed E-state index contributed by atoms with van der Waals surface area (Å²) in [6.07, 6.45) is 1.69. The maximum atomic E-state index is 13.3. The number of anilines is 1. The Morgan fingerprint density at radius 3 is 2.53 bits per heavy atom. The molecule has 0 saturated carbocycles. The Kier molecular flexibility index (Phi) is 6.08. The van der Waals surface area contributed by atoms with Crippen molar-refractivity contribution in [3.8, 4) is 11.8 Å². The highest BCUT2D eigenvalue weighted by Gasteiger charge is 2.24. The summed E-state index contributed by atoms with van der Waals surface area (Å²) >= 11 is 0. The van der Waals surface area contributed by atoms with Crippen LogP contribution in [0.4, 0.5) is 5.82 Å². The average Bonchev–Trinajstić information content (AvgIpc) is 3.25. The number of rotatable bonds is 6. The minimum atomic E-state index is 0.0327. The Morgan fingerprint density at radius 2 is 1.74 bits per heavy atom. The topological polar surface area (TPSA) is 87.3 Å². The van der Waals surface area contributed by atoms with Gasteiger partial charge in [0.25, 0.3) is 0 Å². The number of ether oxygens (including phenoxy) is 1. The van der Waals surface area contributed by atoms with Gasteiger partial charge in [-0.3, -0.25) is 4.79 Å². The lowest BCUT2D eigenvalue weighted by atomic mass is 10.2. The van der Waals surface area contributed by atoms with E-state index in [1.165, 1.54) is 0 Å². The molecule has 0 spiro atoms. The molecule has 1 saturated heterocycles. The first-order chi connectivity index (χ1) is 16.7. The van der Waals surface area contributed by atoms with Crippen molar-refractivity contribution in [2.45, 2.75) is 13.2 Å². The Bertz CT molecular complexity index is 1340. The molecule has 4 aromatic rings. The second kappa shape index (κ2) is 9.63. The zero-order valence-electron chi connectivity index (χ0n) is 18.7. The largest absolute Gasteiger partial charge is 0.486 e. The Balaban J connectivity index is 1.29. The van der Waals surface area contributed by atoms with E-state index >= 15 is 0 Å². The van der Waals surface area contributed by atoms with Crippen LogP contribution in [0.5, 0.6) is 5.75 Å². The molecule has 170 valence electrons. The summed E-state index contributed by atoms with van der Waals surface area (Å²) in [5, 5.41) is 9.36. The second-order valence-corrected chi connectivity index (χ2v) is 8.06. The number of nitrogens with zero attached hydrogens (tertiary/aromatic N) is 6. The molecular formula is C26H24N6O2. The molecule has 1 aliphatic heterocycles. The van der Waals surface area contributed by atoms with Gasteiger partial charge in [-0.1, -0.05) is 30.3 Å². The van der Waals surface area contributed by atoms with Crippen LogP contribution in [-0.2, 0) is 17.9 Å². The summed E-state index contributed by atoms with van der Waals surface area (Å²) in [6.45, 7) is 2.88. The highest BCUT2D eigenvalue weighted by molar-refractivity contribution is 5.81. The van der Waals surface area contributed by atoms with Crippen molar-refractivity contribution in [2.75, 3.05) is 31.1 Å². The first-order valence-corrected chi connectivity index (χ1v) is 11.2. The molecule has 0 unspecified atom stereocenters. The summed E-state index contributed by atoms with van der Waals surface area (Å²) in [5.41, 5.74) is 2.30. The van der Waals surface area contributed by atoms with Crippen molar-refractivity contribution in [1.82, 2.24) is 19.4 Å². The molecule has 1 amide bonds. The van der Waals surface area contributed by atoms with E-state index in [4.69, 9.17) is 9.72 Å². The van der Waals surface area contributed by atoms with Crippen molar-refractivity contribution in [3.05, 3.63) is 84.3 Å². The summed E-state index contributed by atoms with van der Waals surface area (Å²) in [7, 11) is 0. The van der Waals surface area contributed by atoms with Gasteiger partial charge < -0.3 is 19.1 Å². The summed E-state index contributed by atoms with van der Waals surface area (Å²) < 4.78 is 7.87. The number of piperazine rings is 1. The van der Waals surface area contributed by atoms with Crippen molar-refractivity contribution < 1.29 is 9.53 Å². The smallest absolute Gasteiger partial charge is 0.242 e. The lowest BCUT2D eigenvalue weighted by molar-refractivity contribution is -0.132. The zero-order valence-corrected chi connectivity index (χ0v) is 18.7. The predicted octanol–water partition coefficient (Wildman–Crippen LogP) is 3.23. The maximum Gasteiger partial charge on any atom is 0.242 e. The number of carbonyl (C=O) groups excluding carboxylic acids is 1. The number of pyridine rings is 1. The molecule has 1 aliphatic rings. The summed E-state index contributed by atoms with van der Waals surface area (Å²) in [6, 6.07) is 23.1. The van der Waals surface area contributed by atoms with Crippen LogP contribution in [0.2, 0.25) is 0 Å². The molecule has 8 nitrogen and oxygen atoms in total. The van der Waals surface area contributed by atoms with Crippen molar-refractivity contribution in [2.24, 2.45) is 0 Å². The molecule has 0 bridgehead atoms. The van der Waals surface area contributed by atoms with Crippen LogP contribution in [0.3, 0.4) is 0 Å². The van der Waals surface area contributed by atoms with Gasteiger partial charge in [0.1, 0.15) is 36.6 Å². The molecule has 0 radical (unpaired) electrons. The molecule has 2 aromatic carbocycles. The number of para-hydroxylation sites is 3. The Morgan fingerprint density at radius 1 is 0.971 bits per heavy atom.